The Labute approximate surface area is 163 Å². The first kappa shape index (κ1) is 17.3. The van der Waals surface area contributed by atoms with Crippen LogP contribution in [0.4, 0.5) is 5.82 Å². The van der Waals surface area contributed by atoms with Gasteiger partial charge in [-0.2, -0.15) is 0 Å². The first-order chi connectivity index (χ1) is 13.6. The summed E-state index contributed by atoms with van der Waals surface area (Å²) in [5, 5.41) is 3.91. The van der Waals surface area contributed by atoms with Crippen LogP contribution in [0.25, 0.3) is 16.7 Å². The third-order valence-electron chi connectivity index (χ3n) is 5.44. The van der Waals surface area contributed by atoms with Crippen molar-refractivity contribution in [3.8, 4) is 5.82 Å². The van der Waals surface area contributed by atoms with Gasteiger partial charge in [-0.25, -0.2) is 15.0 Å². The third kappa shape index (κ3) is 3.16. The second-order valence-corrected chi connectivity index (χ2v) is 7.78. The molecule has 1 saturated heterocycles. The Bertz CT molecular complexity index is 1060. The second kappa shape index (κ2) is 6.67. The van der Waals surface area contributed by atoms with E-state index in [2.05, 4.69) is 26.0 Å². The zero-order chi connectivity index (χ0) is 19.3. The average molecular weight is 377 g/mol. The van der Waals surface area contributed by atoms with Gasteiger partial charge in [0.1, 0.15) is 17.5 Å². The molecule has 4 heterocycles. The molecule has 7 heteroatoms. The summed E-state index contributed by atoms with van der Waals surface area (Å²) in [5.74, 6) is 2.96. The number of aryl methyl sites for hydroxylation is 1. The summed E-state index contributed by atoms with van der Waals surface area (Å²) in [5.41, 5.74) is 3.25. The highest BCUT2D eigenvalue weighted by Crippen LogP contribution is 2.44. The third-order valence-corrected chi connectivity index (χ3v) is 5.44. The van der Waals surface area contributed by atoms with Gasteiger partial charge in [0.15, 0.2) is 0 Å². The summed E-state index contributed by atoms with van der Waals surface area (Å²) in [4.78, 5) is 25.4. The van der Waals surface area contributed by atoms with Gasteiger partial charge in [0.05, 0.1) is 12.1 Å². The standard InChI is InChI=1S/C21H23N5O2/c1-12-7-20(25-21(23-12)15-5-6-28-11-15)26-10-17(14-3-4-14)16-9-22-19(8-18(16)26)24-13(2)27/h7-10,14-15H,3-6,11H2,1-2H3,(H,22,24,27). The maximum atomic E-state index is 11.5. The number of carbonyl (C=O) groups excluding carboxylic acids is 1. The van der Waals surface area contributed by atoms with Crippen LogP contribution in [0.15, 0.2) is 24.5 Å². The van der Waals surface area contributed by atoms with Crippen LogP contribution in [0, 0.1) is 6.92 Å². The Morgan fingerprint density at radius 2 is 2.07 bits per heavy atom. The van der Waals surface area contributed by atoms with E-state index in [9.17, 15) is 4.79 Å². The zero-order valence-electron chi connectivity index (χ0n) is 16.1. The van der Waals surface area contributed by atoms with Gasteiger partial charge in [0.2, 0.25) is 5.91 Å². The summed E-state index contributed by atoms with van der Waals surface area (Å²) in [6.45, 7) is 4.94. The van der Waals surface area contributed by atoms with Crippen molar-refractivity contribution in [3.05, 3.63) is 41.6 Å². The zero-order valence-corrected chi connectivity index (χ0v) is 16.1. The topological polar surface area (TPSA) is 81.9 Å². The van der Waals surface area contributed by atoms with E-state index < -0.39 is 0 Å². The highest BCUT2D eigenvalue weighted by molar-refractivity contribution is 5.92. The first-order valence-electron chi connectivity index (χ1n) is 9.81. The van der Waals surface area contributed by atoms with E-state index in [1.54, 1.807) is 0 Å². The van der Waals surface area contributed by atoms with Crippen LogP contribution in [0.2, 0.25) is 0 Å². The molecule has 144 valence electrons. The van der Waals surface area contributed by atoms with Crippen LogP contribution >= 0.6 is 0 Å². The number of pyridine rings is 1. The fourth-order valence-corrected chi connectivity index (χ4v) is 3.92. The van der Waals surface area contributed by atoms with E-state index in [0.29, 0.717) is 18.3 Å². The molecule has 0 aromatic carbocycles. The van der Waals surface area contributed by atoms with Gasteiger partial charge >= 0.3 is 0 Å². The molecule has 7 nitrogen and oxygen atoms in total. The van der Waals surface area contributed by atoms with E-state index in [0.717, 1.165) is 41.3 Å². The number of nitrogens with one attached hydrogen (secondary N) is 1. The number of aromatic nitrogens is 4. The Balaban J connectivity index is 1.66. The number of nitrogens with zero attached hydrogens (tertiary/aromatic N) is 4. The molecule has 3 aromatic rings. The van der Waals surface area contributed by atoms with Crippen molar-refractivity contribution in [1.82, 2.24) is 19.5 Å². The van der Waals surface area contributed by atoms with Gasteiger partial charge in [0, 0.05) is 55.1 Å². The van der Waals surface area contributed by atoms with Crippen LogP contribution < -0.4 is 5.32 Å². The summed E-state index contributed by atoms with van der Waals surface area (Å²) >= 11 is 0. The van der Waals surface area contributed by atoms with E-state index >= 15 is 0 Å². The molecule has 2 aliphatic rings. The SMILES string of the molecule is CC(=O)Nc1cc2c(cn1)c(C1CC1)cn2-c1cc(C)nc(C2CCOC2)n1. The number of ether oxygens (including phenoxy) is 1. The lowest BCUT2D eigenvalue weighted by Gasteiger charge is -2.11. The monoisotopic (exact) mass is 377 g/mol. The lowest BCUT2D eigenvalue weighted by molar-refractivity contribution is -0.114. The molecule has 0 spiro atoms. The second-order valence-electron chi connectivity index (χ2n) is 7.78. The largest absolute Gasteiger partial charge is 0.381 e. The Morgan fingerprint density at radius 3 is 2.79 bits per heavy atom. The minimum absolute atomic E-state index is 0.131. The van der Waals surface area contributed by atoms with E-state index in [1.807, 2.05) is 25.3 Å². The summed E-state index contributed by atoms with van der Waals surface area (Å²) in [6, 6.07) is 3.94. The fraction of sp³-hybridized carbons (Fsp3) is 0.429. The number of carbonyl (C=O) groups is 1. The van der Waals surface area contributed by atoms with Gasteiger partial charge in [-0.3, -0.25) is 4.79 Å². The van der Waals surface area contributed by atoms with Crippen molar-refractivity contribution in [2.45, 2.75) is 44.9 Å². The normalized spacial score (nSPS) is 19.3. The molecule has 0 radical (unpaired) electrons. The molecular weight excluding hydrogens is 354 g/mol. The molecule has 1 unspecified atom stereocenters. The number of anilines is 1. The van der Waals surface area contributed by atoms with Gasteiger partial charge in [-0.15, -0.1) is 0 Å². The van der Waals surface area contributed by atoms with Crippen molar-refractivity contribution >= 4 is 22.6 Å². The van der Waals surface area contributed by atoms with Crippen molar-refractivity contribution in [2.24, 2.45) is 0 Å². The molecule has 2 fully saturated rings. The molecular formula is C21H23N5O2. The van der Waals surface area contributed by atoms with Crippen LogP contribution in [0.5, 0.6) is 0 Å². The minimum atomic E-state index is -0.131. The maximum absolute atomic E-state index is 11.5. The number of rotatable bonds is 4. The molecule has 1 saturated carbocycles. The molecule has 1 amide bonds. The van der Waals surface area contributed by atoms with Crippen molar-refractivity contribution in [2.75, 3.05) is 18.5 Å². The summed E-state index contributed by atoms with van der Waals surface area (Å²) in [6.07, 6.45) is 7.42. The smallest absolute Gasteiger partial charge is 0.222 e. The maximum Gasteiger partial charge on any atom is 0.222 e. The minimum Gasteiger partial charge on any atom is -0.381 e. The fourth-order valence-electron chi connectivity index (χ4n) is 3.92. The summed E-state index contributed by atoms with van der Waals surface area (Å²) in [7, 11) is 0. The number of hydrogen-bond acceptors (Lipinski definition) is 5. The predicted molar refractivity (Wildman–Crippen MR) is 106 cm³/mol. The van der Waals surface area contributed by atoms with E-state index in [4.69, 9.17) is 9.72 Å². The predicted octanol–water partition coefficient (Wildman–Crippen LogP) is 3.46. The van der Waals surface area contributed by atoms with Crippen LogP contribution in [0.1, 0.15) is 55.1 Å². The molecule has 1 aliphatic heterocycles. The lowest BCUT2D eigenvalue weighted by atomic mass is 10.1. The molecule has 1 atom stereocenters. The Kier molecular flexibility index (Phi) is 4.12. The first-order valence-corrected chi connectivity index (χ1v) is 9.81. The van der Waals surface area contributed by atoms with Crippen molar-refractivity contribution in [3.63, 3.8) is 0 Å². The average Bonchev–Trinajstić information content (AvgIpc) is 3.22. The Hall–Kier alpha value is -2.80. The number of amides is 1. The highest BCUT2D eigenvalue weighted by Gasteiger charge is 2.28. The van der Waals surface area contributed by atoms with Gasteiger partial charge < -0.3 is 14.6 Å². The van der Waals surface area contributed by atoms with Crippen molar-refractivity contribution < 1.29 is 9.53 Å². The van der Waals surface area contributed by atoms with E-state index in [-0.39, 0.29) is 11.8 Å². The molecule has 3 aromatic heterocycles. The van der Waals surface area contributed by atoms with E-state index in [1.165, 1.54) is 25.3 Å². The molecule has 5 rings (SSSR count). The van der Waals surface area contributed by atoms with Crippen LogP contribution in [0.3, 0.4) is 0 Å². The quantitative estimate of drug-likeness (QED) is 0.753. The van der Waals surface area contributed by atoms with Gasteiger partial charge in [-0.1, -0.05) is 0 Å². The molecule has 28 heavy (non-hydrogen) atoms. The molecule has 1 aliphatic carbocycles. The van der Waals surface area contributed by atoms with Gasteiger partial charge in [-0.05, 0) is 37.7 Å². The van der Waals surface area contributed by atoms with Crippen LogP contribution in [-0.2, 0) is 9.53 Å². The Morgan fingerprint density at radius 1 is 1.21 bits per heavy atom. The van der Waals surface area contributed by atoms with Gasteiger partial charge in [0.25, 0.3) is 0 Å². The number of hydrogen-bond donors (Lipinski definition) is 1. The lowest BCUT2D eigenvalue weighted by Crippen LogP contribution is -2.09. The molecule has 1 N–H and O–H groups in total. The van der Waals surface area contributed by atoms with Crippen molar-refractivity contribution in [1.29, 1.82) is 0 Å². The van der Waals surface area contributed by atoms with Crippen LogP contribution in [-0.4, -0.2) is 38.6 Å². The summed E-state index contributed by atoms with van der Waals surface area (Å²) < 4.78 is 7.64. The number of fused-ring (bicyclic) bond motifs is 1. The molecule has 0 bridgehead atoms. The highest BCUT2D eigenvalue weighted by atomic mass is 16.5.